The molecular weight excluding hydrogens is 528 g/mol. The van der Waals surface area contributed by atoms with Crippen LogP contribution in [0.5, 0.6) is 11.5 Å². The number of ether oxygens (including phenoxy) is 1. The Morgan fingerprint density at radius 3 is 2.17 bits per heavy atom. The van der Waals surface area contributed by atoms with E-state index in [-0.39, 0.29) is 22.2 Å². The Kier molecular flexibility index (Phi) is 5.85. The van der Waals surface area contributed by atoms with E-state index in [1.165, 1.54) is 12.1 Å². The topological polar surface area (TPSA) is 90.1 Å². The molecule has 0 aliphatic carbocycles. The molecule has 0 saturated carbocycles. The van der Waals surface area contributed by atoms with Gasteiger partial charge in [-0.2, -0.15) is 0 Å². The highest BCUT2D eigenvalue weighted by Gasteiger charge is 2.35. The number of carboxylic acids is 2. The van der Waals surface area contributed by atoms with Gasteiger partial charge in [0, 0.05) is 60.1 Å². The Bertz CT molecular complexity index is 1960. The predicted octanol–water partition coefficient (Wildman–Crippen LogP) is 5.38. The summed E-state index contributed by atoms with van der Waals surface area (Å²) in [6.07, 6.45) is 4.46. The van der Waals surface area contributed by atoms with Crippen molar-refractivity contribution in [3.63, 3.8) is 0 Å². The van der Waals surface area contributed by atoms with Crippen molar-refractivity contribution in [1.82, 2.24) is 4.58 Å². The van der Waals surface area contributed by atoms with Crippen LogP contribution in [0.4, 0.5) is 5.69 Å². The first-order valence-electron chi connectivity index (χ1n) is 14.0. The van der Waals surface area contributed by atoms with Gasteiger partial charge in [-0.15, -0.1) is 0 Å². The number of fused-ring (bicyclic) bond motifs is 4. The van der Waals surface area contributed by atoms with Gasteiger partial charge in [0.1, 0.15) is 18.5 Å². The average molecular weight is 564 g/mol. The van der Waals surface area contributed by atoms with Crippen molar-refractivity contribution in [3.05, 3.63) is 98.6 Å². The van der Waals surface area contributed by atoms with Crippen molar-refractivity contribution < 1.29 is 24.5 Å². The Hall–Kier alpha value is -4.65. The van der Waals surface area contributed by atoms with Gasteiger partial charge in [-0.05, 0) is 74.7 Å². The second-order valence-electron chi connectivity index (χ2n) is 12.7. The molecule has 0 spiro atoms. The highest BCUT2D eigenvalue weighted by Crippen LogP contribution is 2.46. The third-order valence-corrected chi connectivity index (χ3v) is 9.16. The van der Waals surface area contributed by atoms with Gasteiger partial charge in [0.15, 0.2) is 5.54 Å². The molecule has 0 aromatic heterocycles. The zero-order chi connectivity index (χ0) is 30.5. The van der Waals surface area contributed by atoms with Gasteiger partial charge in [0.05, 0.1) is 22.7 Å². The molecule has 3 aliphatic rings. The zero-order valence-electron chi connectivity index (χ0n) is 25.2. The number of anilines is 1. The number of aromatic carboxylic acids is 2. The van der Waals surface area contributed by atoms with Crippen molar-refractivity contribution in [2.75, 3.05) is 19.0 Å². The minimum atomic E-state index is -1.19. The van der Waals surface area contributed by atoms with E-state index in [2.05, 4.69) is 89.4 Å². The molecule has 6 rings (SSSR count). The number of carboxylic acid groups (broad SMARTS) is 2. The SMILES string of the molecule is CC1=CC(C)(C)N(C)c2cc3c(cc21)C(c1ccc(C(=O)O)cc1C(=O)O)=c1cc2c(cc1O3)=[N+](C)C(C)(C)C=C2C. The first-order chi connectivity index (χ1) is 19.6. The van der Waals surface area contributed by atoms with Crippen molar-refractivity contribution in [2.45, 2.75) is 52.6 Å². The van der Waals surface area contributed by atoms with E-state index in [9.17, 15) is 19.8 Å². The lowest BCUT2D eigenvalue weighted by molar-refractivity contribution is 0.0695. The summed E-state index contributed by atoms with van der Waals surface area (Å²) >= 11 is 0. The maximum absolute atomic E-state index is 12.6. The third-order valence-electron chi connectivity index (χ3n) is 9.16. The molecule has 0 atom stereocenters. The van der Waals surface area contributed by atoms with E-state index in [1.807, 2.05) is 12.1 Å². The quantitative estimate of drug-likeness (QED) is 0.325. The van der Waals surface area contributed by atoms with Crippen LogP contribution in [0.3, 0.4) is 0 Å². The monoisotopic (exact) mass is 563 g/mol. The van der Waals surface area contributed by atoms with Crippen LogP contribution in [-0.4, -0.2) is 47.3 Å². The van der Waals surface area contributed by atoms with Gasteiger partial charge in [-0.25, -0.2) is 14.2 Å². The number of rotatable bonds is 3. The zero-order valence-corrected chi connectivity index (χ0v) is 25.2. The summed E-state index contributed by atoms with van der Waals surface area (Å²) in [6.45, 7) is 12.8. The molecule has 0 unspecified atom stereocenters. The van der Waals surface area contributed by atoms with Crippen LogP contribution in [0, 0.1) is 0 Å². The molecule has 42 heavy (non-hydrogen) atoms. The summed E-state index contributed by atoms with van der Waals surface area (Å²) in [5.41, 5.74) is 6.68. The second-order valence-corrected chi connectivity index (χ2v) is 12.7. The maximum Gasteiger partial charge on any atom is 0.336 e. The van der Waals surface area contributed by atoms with Gasteiger partial charge in [0.2, 0.25) is 5.36 Å². The Balaban J connectivity index is 1.77. The van der Waals surface area contributed by atoms with Gasteiger partial charge in [-0.3, -0.25) is 0 Å². The van der Waals surface area contributed by atoms with E-state index in [4.69, 9.17) is 4.74 Å². The van der Waals surface area contributed by atoms with Crippen LogP contribution in [0.1, 0.15) is 84.5 Å². The molecule has 0 bridgehead atoms. The van der Waals surface area contributed by atoms with E-state index in [0.717, 1.165) is 44.1 Å². The molecule has 0 radical (unpaired) electrons. The molecule has 0 saturated heterocycles. The van der Waals surface area contributed by atoms with Crippen molar-refractivity contribution >= 4 is 34.3 Å². The summed E-state index contributed by atoms with van der Waals surface area (Å²) in [5.74, 6) is -1.13. The first-order valence-corrected chi connectivity index (χ1v) is 14.0. The van der Waals surface area contributed by atoms with Gasteiger partial charge in [-0.1, -0.05) is 12.1 Å². The number of nitrogens with zero attached hydrogens (tertiary/aromatic N) is 2. The van der Waals surface area contributed by atoms with Gasteiger partial charge < -0.3 is 19.8 Å². The van der Waals surface area contributed by atoms with Crippen molar-refractivity contribution in [2.24, 2.45) is 0 Å². The molecular formula is C35H35N2O5+. The van der Waals surface area contributed by atoms with Crippen LogP contribution < -0.4 is 24.8 Å². The predicted molar refractivity (Wildman–Crippen MR) is 165 cm³/mol. The Labute approximate surface area is 245 Å². The second kappa shape index (κ2) is 8.92. The normalized spacial score (nSPS) is 17.7. The third kappa shape index (κ3) is 3.98. The van der Waals surface area contributed by atoms with Gasteiger partial charge >= 0.3 is 11.9 Å². The lowest BCUT2D eigenvalue weighted by Crippen LogP contribution is -2.47. The van der Waals surface area contributed by atoms with Crippen molar-refractivity contribution in [3.8, 4) is 11.5 Å². The largest absolute Gasteiger partial charge is 0.478 e. The highest BCUT2D eigenvalue weighted by molar-refractivity contribution is 6.02. The number of likely N-dealkylation sites (N-methyl/N-ethyl adjacent to an activating group) is 2. The van der Waals surface area contributed by atoms with E-state index >= 15 is 0 Å². The fraction of sp³-hybridized carbons (Fsp3) is 0.286. The first kappa shape index (κ1) is 27.5. The van der Waals surface area contributed by atoms with Crippen LogP contribution in [0.15, 0.2) is 54.6 Å². The van der Waals surface area contributed by atoms with Crippen LogP contribution >= 0.6 is 0 Å². The summed E-state index contributed by atoms with van der Waals surface area (Å²) in [5, 5.41) is 21.7. The standard InChI is InChI=1S/C35H34N2O5/c1-18-16-34(3,4)36(7)27-14-29-25(12-22(18)27)31(21-10-9-20(32(38)39)11-24(21)33(40)41)26-13-23-19(2)17-35(5,6)37(8)28(23)15-30(26)42-29/h9-17H,1-8H3,(H-,38,39,40,41)/p+1. The summed E-state index contributed by atoms with van der Waals surface area (Å²) in [6, 6.07) is 12.5. The number of allylic oxidation sites excluding steroid dienone is 2. The van der Waals surface area contributed by atoms with E-state index < -0.39 is 11.9 Å². The molecule has 0 amide bonds. The van der Waals surface area contributed by atoms with Crippen LogP contribution in [-0.2, 0) is 0 Å². The maximum atomic E-state index is 12.6. The minimum Gasteiger partial charge on any atom is -0.478 e. The van der Waals surface area contributed by atoms with E-state index in [1.54, 1.807) is 6.07 Å². The minimum absolute atomic E-state index is 0.0739. The lowest BCUT2D eigenvalue weighted by atomic mass is 9.83. The molecule has 3 aliphatic heterocycles. The number of hydrogen-bond acceptors (Lipinski definition) is 4. The Morgan fingerprint density at radius 2 is 1.50 bits per heavy atom. The van der Waals surface area contributed by atoms with Crippen LogP contribution in [0.2, 0.25) is 0 Å². The molecule has 214 valence electrons. The number of benzene rings is 3. The summed E-state index contributed by atoms with van der Waals surface area (Å²) in [7, 11) is 4.12. The van der Waals surface area contributed by atoms with Gasteiger partial charge in [0.25, 0.3) is 0 Å². The molecule has 2 N–H and O–H groups in total. The molecule has 3 heterocycles. The molecule has 3 aromatic carbocycles. The number of hydrogen-bond donors (Lipinski definition) is 2. The molecule has 0 fully saturated rings. The number of carbonyl (C=O) groups is 2. The summed E-state index contributed by atoms with van der Waals surface area (Å²) < 4.78 is 8.89. The fourth-order valence-electron chi connectivity index (χ4n) is 6.54. The Morgan fingerprint density at radius 1 is 0.810 bits per heavy atom. The molecule has 3 aromatic rings. The van der Waals surface area contributed by atoms with E-state index in [0.29, 0.717) is 22.6 Å². The fourth-order valence-corrected chi connectivity index (χ4v) is 6.54. The lowest BCUT2D eigenvalue weighted by Gasteiger charge is -2.41. The average Bonchev–Trinajstić information content (AvgIpc) is 2.91. The van der Waals surface area contributed by atoms with Crippen molar-refractivity contribution in [1.29, 1.82) is 0 Å². The van der Waals surface area contributed by atoms with Crippen LogP contribution in [0.25, 0.3) is 16.7 Å². The molecule has 7 nitrogen and oxygen atoms in total. The molecule has 7 heteroatoms. The smallest absolute Gasteiger partial charge is 0.336 e. The highest BCUT2D eigenvalue weighted by atomic mass is 16.5. The summed E-state index contributed by atoms with van der Waals surface area (Å²) in [4.78, 5) is 26.6.